The summed E-state index contributed by atoms with van der Waals surface area (Å²) >= 11 is 3.65. The Bertz CT molecular complexity index is 242. The molecule has 0 aromatic heterocycles. The predicted octanol–water partition coefficient (Wildman–Crippen LogP) is -1.79. The molecule has 0 heterocycles. The minimum atomic E-state index is -1.00. The Morgan fingerprint density at radius 3 is 1.90 bits per heavy atom. The Balaban J connectivity index is -0.000000312. The first-order valence-electron chi connectivity index (χ1n) is 6.74. The maximum atomic E-state index is 10.0. The molecule has 0 bridgehead atoms. The number of carboxylic acids is 2. The van der Waals surface area contributed by atoms with Crippen molar-refractivity contribution in [3.8, 4) is 0 Å². The maximum absolute atomic E-state index is 10.0. The maximum Gasteiger partial charge on any atom is 1.00 e. The van der Waals surface area contributed by atoms with Gasteiger partial charge in [0.1, 0.15) is 6.04 Å². The van der Waals surface area contributed by atoms with Gasteiger partial charge in [0.25, 0.3) is 0 Å². The molecule has 3 N–H and O–H groups in total. The molecule has 0 spiro atoms. The number of nitrogens with two attached hydrogens (primary N) is 1. The topological polar surface area (TPSA) is 103 Å². The van der Waals surface area contributed by atoms with Crippen LogP contribution in [0.1, 0.15) is 58.3 Å². The number of thiol groups is 1. The van der Waals surface area contributed by atoms with Gasteiger partial charge in [-0.3, -0.25) is 4.79 Å². The first kappa shape index (κ1) is 25.2. The van der Waals surface area contributed by atoms with Crippen LogP contribution in [0.25, 0.3) is 0 Å². The van der Waals surface area contributed by atoms with Gasteiger partial charge in [0.2, 0.25) is 0 Å². The van der Waals surface area contributed by atoms with Gasteiger partial charge in [-0.25, -0.2) is 0 Å². The van der Waals surface area contributed by atoms with E-state index in [0.29, 0.717) is 0 Å². The third-order valence-electron chi connectivity index (χ3n) is 2.50. The van der Waals surface area contributed by atoms with Crippen LogP contribution in [0.3, 0.4) is 0 Å². The van der Waals surface area contributed by atoms with Crippen LogP contribution in [-0.4, -0.2) is 28.8 Å². The zero-order chi connectivity index (χ0) is 15.1. The van der Waals surface area contributed by atoms with E-state index in [-0.39, 0.29) is 41.7 Å². The molecule has 1 atom stereocenters. The van der Waals surface area contributed by atoms with Crippen LogP contribution < -0.4 is 40.4 Å². The van der Waals surface area contributed by atoms with Crippen molar-refractivity contribution in [2.75, 3.05) is 5.75 Å². The molecule has 0 aliphatic heterocycles. The van der Waals surface area contributed by atoms with Gasteiger partial charge in [0, 0.05) is 11.7 Å². The van der Waals surface area contributed by atoms with E-state index >= 15 is 0 Å². The van der Waals surface area contributed by atoms with Crippen molar-refractivity contribution in [2.24, 2.45) is 5.73 Å². The van der Waals surface area contributed by atoms with Crippen LogP contribution in [0.4, 0.5) is 0 Å². The van der Waals surface area contributed by atoms with Crippen molar-refractivity contribution in [3.05, 3.63) is 0 Å². The van der Waals surface area contributed by atoms with Gasteiger partial charge in [-0.05, 0) is 12.8 Å². The normalized spacial score (nSPS) is 10.8. The van der Waals surface area contributed by atoms with Crippen molar-refractivity contribution in [1.82, 2.24) is 0 Å². The first-order valence-corrected chi connectivity index (χ1v) is 7.38. The molecular formula is C13H26NNaO4S. The van der Waals surface area contributed by atoms with Crippen molar-refractivity contribution in [2.45, 2.75) is 64.3 Å². The molecule has 0 saturated carbocycles. The molecule has 0 aliphatic carbocycles. The number of carbonyl (C=O) groups is 2. The molecule has 114 valence electrons. The molecule has 0 amide bonds. The summed E-state index contributed by atoms with van der Waals surface area (Å²) < 4.78 is 0. The van der Waals surface area contributed by atoms with Crippen molar-refractivity contribution < 1.29 is 49.4 Å². The Labute approximate surface area is 149 Å². The van der Waals surface area contributed by atoms with Crippen LogP contribution in [-0.2, 0) is 9.59 Å². The molecule has 5 nitrogen and oxygen atoms in total. The first-order chi connectivity index (χ1) is 8.95. The number of carboxylic acid groups (broad SMARTS) is 2. The molecule has 0 fully saturated rings. The number of hydrogen-bond acceptors (Lipinski definition) is 5. The van der Waals surface area contributed by atoms with Crippen LogP contribution in [0.2, 0.25) is 0 Å². The van der Waals surface area contributed by atoms with Crippen LogP contribution in [0, 0.1) is 0 Å². The van der Waals surface area contributed by atoms with Gasteiger partial charge in [0.15, 0.2) is 0 Å². The second-order valence-corrected chi connectivity index (χ2v) is 4.74. The summed E-state index contributed by atoms with van der Waals surface area (Å²) in [6.45, 7) is 2.19. The minimum Gasteiger partial charge on any atom is -0.550 e. The summed E-state index contributed by atoms with van der Waals surface area (Å²) in [6, 6.07) is -0.816. The molecule has 0 rings (SSSR count). The fraction of sp³-hybridized carbons (Fsp3) is 0.846. The van der Waals surface area contributed by atoms with Crippen LogP contribution in [0.5, 0.6) is 0 Å². The molecule has 0 aromatic carbocycles. The third-order valence-corrected chi connectivity index (χ3v) is 2.89. The summed E-state index contributed by atoms with van der Waals surface area (Å²) in [4.78, 5) is 19.8. The quantitative estimate of drug-likeness (QED) is 0.251. The molecule has 0 saturated heterocycles. The molecule has 0 radical (unpaired) electrons. The average molecular weight is 315 g/mol. The van der Waals surface area contributed by atoms with Gasteiger partial charge >= 0.3 is 35.5 Å². The zero-order valence-corrected chi connectivity index (χ0v) is 15.5. The summed E-state index contributed by atoms with van der Waals surface area (Å²) in [5.41, 5.74) is 4.94. The largest absolute Gasteiger partial charge is 1.00 e. The van der Waals surface area contributed by atoms with Gasteiger partial charge in [-0.1, -0.05) is 45.4 Å². The van der Waals surface area contributed by atoms with Crippen LogP contribution >= 0.6 is 12.6 Å². The fourth-order valence-corrected chi connectivity index (χ4v) is 1.46. The minimum absolute atomic E-state index is 0. The van der Waals surface area contributed by atoms with Gasteiger partial charge < -0.3 is 20.7 Å². The van der Waals surface area contributed by atoms with E-state index in [2.05, 4.69) is 19.6 Å². The second kappa shape index (κ2) is 19.2. The van der Waals surface area contributed by atoms with E-state index in [0.717, 1.165) is 12.8 Å². The molecule has 20 heavy (non-hydrogen) atoms. The molecule has 0 aromatic rings. The summed E-state index contributed by atoms with van der Waals surface area (Å²) in [5, 5.41) is 18.0. The fourth-order valence-electron chi connectivity index (χ4n) is 1.30. The molecule has 0 aliphatic rings. The smallest absolute Gasteiger partial charge is 0.550 e. The van der Waals surface area contributed by atoms with E-state index in [9.17, 15) is 14.7 Å². The number of rotatable bonds is 10. The summed E-state index contributed by atoms with van der Waals surface area (Å²) in [6.07, 6.45) is 8.34. The van der Waals surface area contributed by atoms with Crippen molar-refractivity contribution >= 4 is 24.6 Å². The van der Waals surface area contributed by atoms with Gasteiger partial charge in [0.05, 0.1) is 0 Å². The van der Waals surface area contributed by atoms with E-state index in [1.807, 2.05) is 0 Å². The van der Waals surface area contributed by atoms with Crippen molar-refractivity contribution in [3.63, 3.8) is 0 Å². The number of hydrogen-bond donors (Lipinski definition) is 3. The average Bonchev–Trinajstić information content (AvgIpc) is 2.37. The molecule has 0 unspecified atom stereocenters. The number of aliphatic carboxylic acids is 2. The summed E-state index contributed by atoms with van der Waals surface area (Å²) in [7, 11) is 0. The Morgan fingerprint density at radius 1 is 1.15 bits per heavy atom. The standard InChI is InChI=1S/C10H20O2.C3H7NO2S.Na/c1-2-3-4-5-6-7-8-9-10(11)12;4-2(1-7)3(5)6;/h2-9H2,1H3,(H,11,12);2,7H,1,4H2,(H,5,6);/q;;+1/p-1/t;2-;/m.0./s1. The van der Waals surface area contributed by atoms with Crippen molar-refractivity contribution in [1.29, 1.82) is 0 Å². The Morgan fingerprint density at radius 2 is 1.60 bits per heavy atom. The van der Waals surface area contributed by atoms with Crippen LogP contribution in [0.15, 0.2) is 0 Å². The Kier molecular flexibility index (Phi) is 24.3. The second-order valence-electron chi connectivity index (χ2n) is 4.37. The van der Waals surface area contributed by atoms with Gasteiger partial charge in [-0.15, -0.1) is 0 Å². The van der Waals surface area contributed by atoms with E-state index in [1.165, 1.54) is 32.1 Å². The van der Waals surface area contributed by atoms with E-state index in [4.69, 9.17) is 10.8 Å². The van der Waals surface area contributed by atoms with E-state index < -0.39 is 18.0 Å². The third kappa shape index (κ3) is 23.4. The predicted molar refractivity (Wildman–Crippen MR) is 77.1 cm³/mol. The SMILES string of the molecule is CCCCCCCCCC(=O)[O-].N[C@@H](CS)C(=O)O.[Na+]. The molecule has 7 heteroatoms. The number of carbonyl (C=O) groups excluding carboxylic acids is 1. The summed E-state index contributed by atoms with van der Waals surface area (Å²) in [5.74, 6) is -1.73. The Hall–Kier alpha value is 0.250. The van der Waals surface area contributed by atoms with E-state index in [1.54, 1.807) is 0 Å². The number of unbranched alkanes of at least 4 members (excludes halogenated alkanes) is 6. The molecular weight excluding hydrogens is 289 g/mol. The van der Waals surface area contributed by atoms with Gasteiger partial charge in [-0.2, -0.15) is 12.6 Å². The monoisotopic (exact) mass is 315 g/mol. The zero-order valence-electron chi connectivity index (χ0n) is 12.6.